The monoisotopic (exact) mass is 253 g/mol. The van der Waals surface area contributed by atoms with Crippen LogP contribution in [0.15, 0.2) is 12.7 Å². The molecule has 3 nitrogen and oxygen atoms in total. The van der Waals surface area contributed by atoms with Gasteiger partial charge in [-0.25, -0.2) is 0 Å². The van der Waals surface area contributed by atoms with Crippen molar-refractivity contribution < 1.29 is 9.59 Å². The summed E-state index contributed by atoms with van der Waals surface area (Å²) in [6, 6.07) is 0. The number of nitrogens with one attached hydrogen (secondary N) is 1. The van der Waals surface area contributed by atoms with Crippen molar-refractivity contribution in [3.63, 3.8) is 0 Å². The number of carbonyl (C=O) groups is 2. The van der Waals surface area contributed by atoms with E-state index in [1.54, 1.807) is 0 Å². The van der Waals surface area contributed by atoms with Crippen molar-refractivity contribution in [2.75, 3.05) is 0 Å². The van der Waals surface area contributed by atoms with E-state index in [0.29, 0.717) is 6.42 Å². The summed E-state index contributed by atoms with van der Waals surface area (Å²) in [5.74, 6) is -0.598. The van der Waals surface area contributed by atoms with Crippen LogP contribution in [0.3, 0.4) is 0 Å². The molecule has 0 aromatic heterocycles. The molecule has 0 spiro atoms. The lowest BCUT2D eigenvalue weighted by Crippen LogP contribution is -2.28. The summed E-state index contributed by atoms with van der Waals surface area (Å²) < 4.78 is 0. The third-order valence-electron chi connectivity index (χ3n) is 2.96. The first-order chi connectivity index (χ1) is 8.70. The maximum atomic E-state index is 11.2. The van der Waals surface area contributed by atoms with Crippen LogP contribution < -0.4 is 5.32 Å². The minimum absolute atomic E-state index is 0.192. The van der Waals surface area contributed by atoms with Gasteiger partial charge in [0.05, 0.1) is 0 Å². The second-order valence-corrected chi connectivity index (χ2v) is 4.69. The maximum absolute atomic E-state index is 11.2. The van der Waals surface area contributed by atoms with E-state index in [2.05, 4.69) is 18.8 Å². The minimum Gasteiger partial charge on any atom is -0.293 e. The zero-order valence-electron chi connectivity index (χ0n) is 11.7. The molecule has 0 saturated carbocycles. The molecule has 3 heteroatoms. The van der Waals surface area contributed by atoms with Gasteiger partial charge in [0, 0.05) is 6.42 Å². The van der Waals surface area contributed by atoms with Gasteiger partial charge in [0.25, 0.3) is 0 Å². The summed E-state index contributed by atoms with van der Waals surface area (Å²) in [6.07, 6.45) is 12.6. The van der Waals surface area contributed by atoms with Crippen molar-refractivity contribution >= 4 is 11.8 Å². The predicted octanol–water partition coefficient (Wildman–Crippen LogP) is 3.74. The summed E-state index contributed by atoms with van der Waals surface area (Å²) in [5, 5.41) is 2.26. The third kappa shape index (κ3) is 11.4. The molecular weight excluding hydrogens is 226 g/mol. The Bertz CT molecular complexity index is 249. The smallest absolute Gasteiger partial charge is 0.249 e. The third-order valence-corrected chi connectivity index (χ3v) is 2.96. The zero-order chi connectivity index (χ0) is 13.6. The number of carbonyl (C=O) groups excluding carboxylic acids is 2. The Kier molecular flexibility index (Phi) is 11.6. The first kappa shape index (κ1) is 16.9. The van der Waals surface area contributed by atoms with Crippen LogP contribution in [-0.2, 0) is 9.59 Å². The Morgan fingerprint density at radius 1 is 0.944 bits per heavy atom. The van der Waals surface area contributed by atoms with Gasteiger partial charge in [0.2, 0.25) is 11.8 Å². The van der Waals surface area contributed by atoms with Gasteiger partial charge in [-0.3, -0.25) is 14.9 Å². The maximum Gasteiger partial charge on any atom is 0.249 e. The zero-order valence-corrected chi connectivity index (χ0v) is 11.7. The molecule has 0 radical (unpaired) electrons. The number of hydrogen-bond acceptors (Lipinski definition) is 2. The molecule has 18 heavy (non-hydrogen) atoms. The molecule has 0 aliphatic rings. The van der Waals surface area contributed by atoms with Crippen LogP contribution in [0.25, 0.3) is 0 Å². The highest BCUT2D eigenvalue weighted by Gasteiger charge is 2.03. The average Bonchev–Trinajstić information content (AvgIpc) is 2.36. The largest absolute Gasteiger partial charge is 0.293 e. The van der Waals surface area contributed by atoms with E-state index >= 15 is 0 Å². The van der Waals surface area contributed by atoms with Crippen molar-refractivity contribution in [3.8, 4) is 0 Å². The molecular formula is C15H27NO2. The average molecular weight is 253 g/mol. The Morgan fingerprint density at radius 2 is 1.44 bits per heavy atom. The fourth-order valence-electron chi connectivity index (χ4n) is 1.85. The number of imide groups is 1. The van der Waals surface area contributed by atoms with Crippen molar-refractivity contribution in [2.24, 2.45) is 0 Å². The van der Waals surface area contributed by atoms with Gasteiger partial charge in [0.1, 0.15) is 0 Å². The SMILES string of the molecule is C=CC(=O)NC(=O)CCCCCCCCCCC. The van der Waals surface area contributed by atoms with Gasteiger partial charge in [-0.15, -0.1) is 0 Å². The van der Waals surface area contributed by atoms with E-state index in [4.69, 9.17) is 0 Å². The van der Waals surface area contributed by atoms with Gasteiger partial charge in [-0.1, -0.05) is 64.9 Å². The van der Waals surface area contributed by atoms with Crippen LogP contribution in [-0.4, -0.2) is 11.8 Å². The van der Waals surface area contributed by atoms with E-state index in [1.165, 1.54) is 44.9 Å². The molecule has 0 aromatic carbocycles. The van der Waals surface area contributed by atoms with Crippen LogP contribution in [0.4, 0.5) is 0 Å². The highest BCUT2D eigenvalue weighted by molar-refractivity contribution is 6.00. The summed E-state index contributed by atoms with van der Waals surface area (Å²) in [6.45, 7) is 5.53. The second kappa shape index (κ2) is 12.3. The molecule has 0 aromatic rings. The topological polar surface area (TPSA) is 46.2 Å². The Hall–Kier alpha value is -1.12. The van der Waals surface area contributed by atoms with Crippen LogP contribution in [0, 0.1) is 0 Å². The molecule has 0 bridgehead atoms. The fraction of sp³-hybridized carbons (Fsp3) is 0.733. The van der Waals surface area contributed by atoms with Gasteiger partial charge in [-0.2, -0.15) is 0 Å². The van der Waals surface area contributed by atoms with Crippen molar-refractivity contribution in [1.82, 2.24) is 5.32 Å². The Labute approximate surface area is 111 Å². The molecule has 0 aliphatic heterocycles. The predicted molar refractivity (Wildman–Crippen MR) is 75.2 cm³/mol. The first-order valence-corrected chi connectivity index (χ1v) is 7.17. The standard InChI is InChI=1S/C15H27NO2/c1-3-5-6-7-8-9-10-11-12-13-15(18)16-14(17)4-2/h4H,2-3,5-13H2,1H3,(H,16,17,18). The molecule has 0 rings (SSSR count). The Balaban J connectivity index is 3.22. The van der Waals surface area contributed by atoms with E-state index in [-0.39, 0.29) is 5.91 Å². The van der Waals surface area contributed by atoms with Crippen LogP contribution in [0.2, 0.25) is 0 Å². The van der Waals surface area contributed by atoms with Crippen molar-refractivity contribution in [2.45, 2.75) is 71.1 Å². The molecule has 0 unspecified atom stereocenters. The second-order valence-electron chi connectivity index (χ2n) is 4.69. The number of hydrogen-bond donors (Lipinski definition) is 1. The normalized spacial score (nSPS) is 10.1. The van der Waals surface area contributed by atoms with Gasteiger partial charge in [0.15, 0.2) is 0 Å². The summed E-state index contributed by atoms with van der Waals surface area (Å²) in [5.41, 5.74) is 0. The number of unbranched alkanes of at least 4 members (excludes halogenated alkanes) is 8. The number of rotatable bonds is 11. The molecule has 104 valence electrons. The molecule has 2 amide bonds. The molecule has 0 saturated heterocycles. The first-order valence-electron chi connectivity index (χ1n) is 7.17. The van der Waals surface area contributed by atoms with Crippen LogP contribution in [0.5, 0.6) is 0 Å². The van der Waals surface area contributed by atoms with Crippen LogP contribution >= 0.6 is 0 Å². The molecule has 0 atom stereocenters. The minimum atomic E-state index is -0.407. The van der Waals surface area contributed by atoms with E-state index in [0.717, 1.165) is 18.9 Å². The lowest BCUT2D eigenvalue weighted by atomic mass is 10.1. The molecule has 0 aliphatic carbocycles. The molecule has 1 N–H and O–H groups in total. The van der Waals surface area contributed by atoms with Gasteiger partial charge in [-0.05, 0) is 12.5 Å². The lowest BCUT2D eigenvalue weighted by Gasteiger charge is -2.02. The van der Waals surface area contributed by atoms with Crippen molar-refractivity contribution in [3.05, 3.63) is 12.7 Å². The van der Waals surface area contributed by atoms with Gasteiger partial charge >= 0.3 is 0 Å². The van der Waals surface area contributed by atoms with Crippen molar-refractivity contribution in [1.29, 1.82) is 0 Å². The Morgan fingerprint density at radius 3 is 1.94 bits per heavy atom. The highest BCUT2D eigenvalue weighted by atomic mass is 16.2. The fourth-order valence-corrected chi connectivity index (χ4v) is 1.85. The lowest BCUT2D eigenvalue weighted by molar-refractivity contribution is -0.128. The number of amides is 2. The quantitative estimate of drug-likeness (QED) is 0.450. The molecule has 0 heterocycles. The van der Waals surface area contributed by atoms with Crippen LogP contribution in [0.1, 0.15) is 71.1 Å². The van der Waals surface area contributed by atoms with E-state index in [9.17, 15) is 9.59 Å². The summed E-state index contributed by atoms with van der Waals surface area (Å²) in [4.78, 5) is 22.1. The van der Waals surface area contributed by atoms with E-state index in [1.807, 2.05) is 0 Å². The summed E-state index contributed by atoms with van der Waals surface area (Å²) >= 11 is 0. The summed E-state index contributed by atoms with van der Waals surface area (Å²) in [7, 11) is 0. The highest BCUT2D eigenvalue weighted by Crippen LogP contribution is 2.10. The molecule has 0 fully saturated rings. The van der Waals surface area contributed by atoms with E-state index < -0.39 is 5.91 Å². The van der Waals surface area contributed by atoms with Gasteiger partial charge < -0.3 is 0 Å².